The Balaban J connectivity index is 1.12. The maximum atomic E-state index is 5.25. The van der Waals surface area contributed by atoms with E-state index in [-0.39, 0.29) is 0 Å². The molecule has 274 valence electrons. The summed E-state index contributed by atoms with van der Waals surface area (Å²) in [6, 6.07) is 81.2. The van der Waals surface area contributed by atoms with Crippen LogP contribution in [0.25, 0.3) is 61.5 Å². The molecule has 1 heterocycles. The predicted octanol–water partition coefficient (Wildman–Crippen LogP) is 13.4. The fourth-order valence-electron chi connectivity index (χ4n) is 11.3. The van der Waals surface area contributed by atoms with Gasteiger partial charge in [-0.1, -0.05) is 182 Å². The minimum absolute atomic E-state index is 0.502. The molecule has 2 nitrogen and oxygen atoms in total. The van der Waals surface area contributed by atoms with Crippen LogP contribution < -0.4 is 0 Å². The molecule has 2 heteroatoms. The molecule has 0 amide bonds. The highest BCUT2D eigenvalue weighted by Gasteiger charge is 2.58. The van der Waals surface area contributed by atoms with Gasteiger partial charge in [-0.05, 0) is 114 Å². The Bertz CT molecular complexity index is 3260. The van der Waals surface area contributed by atoms with Gasteiger partial charge < -0.3 is 0 Å². The summed E-state index contributed by atoms with van der Waals surface area (Å²) in [5.41, 5.74) is 21.5. The first-order valence-electron chi connectivity index (χ1n) is 20.6. The monoisotopic (exact) mass is 748 g/mol. The highest BCUT2D eigenvalue weighted by Crippen LogP contribution is 2.67. The van der Waals surface area contributed by atoms with Gasteiger partial charge in [-0.15, -0.1) is 0 Å². The molecule has 13 rings (SSSR count). The van der Waals surface area contributed by atoms with Crippen molar-refractivity contribution in [1.29, 1.82) is 0 Å². The number of rotatable bonds is 3. The molecule has 3 aliphatic rings. The number of para-hydroxylation sites is 3. The molecular formula is C57H36N2. The summed E-state index contributed by atoms with van der Waals surface area (Å²) in [6.07, 6.45) is 0. The second-order valence-corrected chi connectivity index (χ2v) is 16.2. The molecule has 0 unspecified atom stereocenters. The van der Waals surface area contributed by atoms with E-state index in [0.717, 1.165) is 33.7 Å². The molecule has 2 spiro atoms. The van der Waals surface area contributed by atoms with Crippen LogP contribution in [-0.4, -0.2) is 9.55 Å². The van der Waals surface area contributed by atoms with Crippen LogP contribution in [0.4, 0.5) is 0 Å². The third kappa shape index (κ3) is 4.12. The van der Waals surface area contributed by atoms with Crippen LogP contribution in [0.15, 0.2) is 218 Å². The van der Waals surface area contributed by atoms with E-state index >= 15 is 0 Å². The van der Waals surface area contributed by atoms with E-state index in [1.165, 1.54) is 72.3 Å². The van der Waals surface area contributed by atoms with Crippen molar-refractivity contribution in [2.24, 2.45) is 0 Å². The van der Waals surface area contributed by atoms with Crippen LogP contribution in [0.5, 0.6) is 0 Å². The van der Waals surface area contributed by atoms with Crippen LogP contribution in [-0.2, 0) is 10.8 Å². The van der Waals surface area contributed by atoms with E-state index in [4.69, 9.17) is 4.98 Å². The van der Waals surface area contributed by atoms with Crippen molar-refractivity contribution in [2.45, 2.75) is 10.8 Å². The van der Waals surface area contributed by atoms with Gasteiger partial charge in [0.25, 0.3) is 0 Å². The molecule has 0 atom stereocenters. The van der Waals surface area contributed by atoms with Crippen molar-refractivity contribution in [3.8, 4) is 50.5 Å². The first kappa shape index (κ1) is 32.5. The SMILES string of the molecule is c1ccc(-n2c(-c3cccc(-c4ccc5c(c4)C4(c6ccccc6-c6ccccc64)c4ccccc4C54c5ccccc5-c5ccccc54)c3)nc3ccccc32)cc1. The van der Waals surface area contributed by atoms with Gasteiger partial charge in [-0.2, -0.15) is 0 Å². The first-order valence-corrected chi connectivity index (χ1v) is 20.6. The smallest absolute Gasteiger partial charge is 0.145 e. The third-order valence-electron chi connectivity index (χ3n) is 13.5. The van der Waals surface area contributed by atoms with Gasteiger partial charge in [0.2, 0.25) is 0 Å². The van der Waals surface area contributed by atoms with Crippen molar-refractivity contribution in [3.05, 3.63) is 263 Å². The summed E-state index contributed by atoms with van der Waals surface area (Å²) in [7, 11) is 0. The van der Waals surface area contributed by atoms with E-state index in [1.54, 1.807) is 0 Å². The Morgan fingerprint density at radius 2 is 0.746 bits per heavy atom. The average Bonchev–Trinajstić information content (AvgIpc) is 3.95. The number of nitrogens with zero attached hydrogens (tertiary/aromatic N) is 2. The zero-order valence-electron chi connectivity index (χ0n) is 32.2. The Hall–Kier alpha value is -7.55. The molecule has 10 aromatic rings. The number of fused-ring (bicyclic) bond motifs is 17. The lowest BCUT2D eigenvalue weighted by Gasteiger charge is -2.49. The van der Waals surface area contributed by atoms with Crippen LogP contribution in [0, 0.1) is 0 Å². The number of imidazole rings is 1. The molecule has 1 aromatic heterocycles. The fraction of sp³-hybridized carbons (Fsp3) is 0.0351. The zero-order chi connectivity index (χ0) is 38.7. The second-order valence-electron chi connectivity index (χ2n) is 16.2. The number of hydrogen-bond donors (Lipinski definition) is 0. The van der Waals surface area contributed by atoms with Crippen molar-refractivity contribution >= 4 is 11.0 Å². The van der Waals surface area contributed by atoms with Gasteiger partial charge in [-0.3, -0.25) is 4.57 Å². The molecule has 0 radical (unpaired) electrons. The van der Waals surface area contributed by atoms with Crippen LogP contribution in [0.3, 0.4) is 0 Å². The molecular weight excluding hydrogens is 713 g/mol. The molecule has 0 saturated carbocycles. The van der Waals surface area contributed by atoms with Gasteiger partial charge >= 0.3 is 0 Å². The van der Waals surface area contributed by atoms with Gasteiger partial charge in [0.1, 0.15) is 5.82 Å². The fourth-order valence-corrected chi connectivity index (χ4v) is 11.3. The number of benzene rings is 9. The summed E-state index contributed by atoms with van der Waals surface area (Å²) in [6.45, 7) is 0. The minimum atomic E-state index is -0.536. The summed E-state index contributed by atoms with van der Waals surface area (Å²) >= 11 is 0. The summed E-state index contributed by atoms with van der Waals surface area (Å²) < 4.78 is 2.29. The van der Waals surface area contributed by atoms with E-state index in [9.17, 15) is 0 Å². The van der Waals surface area contributed by atoms with Crippen LogP contribution in [0.2, 0.25) is 0 Å². The average molecular weight is 749 g/mol. The molecule has 0 saturated heterocycles. The molecule has 0 aliphatic heterocycles. The predicted molar refractivity (Wildman–Crippen MR) is 240 cm³/mol. The Kier molecular flexibility index (Phi) is 6.61. The lowest BCUT2D eigenvalue weighted by Crippen LogP contribution is -2.43. The second kappa shape index (κ2) is 12.0. The Labute approximate surface area is 343 Å². The number of aromatic nitrogens is 2. The summed E-state index contributed by atoms with van der Waals surface area (Å²) in [5, 5.41) is 0. The first-order chi connectivity index (χ1) is 29.3. The normalized spacial score (nSPS) is 14.4. The number of hydrogen-bond acceptors (Lipinski definition) is 1. The van der Waals surface area contributed by atoms with Crippen molar-refractivity contribution in [1.82, 2.24) is 9.55 Å². The summed E-state index contributed by atoms with van der Waals surface area (Å²) in [4.78, 5) is 5.25. The third-order valence-corrected chi connectivity index (χ3v) is 13.5. The van der Waals surface area contributed by atoms with E-state index < -0.39 is 10.8 Å². The highest BCUT2D eigenvalue weighted by molar-refractivity contribution is 5.94. The minimum Gasteiger partial charge on any atom is -0.292 e. The maximum absolute atomic E-state index is 5.25. The van der Waals surface area contributed by atoms with Gasteiger partial charge in [0.05, 0.1) is 21.9 Å². The molecule has 0 N–H and O–H groups in total. The van der Waals surface area contributed by atoms with E-state index in [1.807, 2.05) is 0 Å². The zero-order valence-corrected chi connectivity index (χ0v) is 32.2. The summed E-state index contributed by atoms with van der Waals surface area (Å²) in [5.74, 6) is 0.930. The maximum Gasteiger partial charge on any atom is 0.145 e. The Morgan fingerprint density at radius 1 is 0.305 bits per heavy atom. The molecule has 9 aromatic carbocycles. The van der Waals surface area contributed by atoms with Gasteiger partial charge in [0, 0.05) is 11.3 Å². The molecule has 59 heavy (non-hydrogen) atoms. The highest BCUT2D eigenvalue weighted by atomic mass is 15.1. The lowest BCUT2D eigenvalue weighted by molar-refractivity contribution is 0.633. The molecule has 0 bridgehead atoms. The Morgan fingerprint density at radius 3 is 1.34 bits per heavy atom. The van der Waals surface area contributed by atoms with Crippen molar-refractivity contribution < 1.29 is 0 Å². The topological polar surface area (TPSA) is 17.8 Å². The van der Waals surface area contributed by atoms with Crippen LogP contribution >= 0.6 is 0 Å². The van der Waals surface area contributed by atoms with Gasteiger partial charge in [-0.25, -0.2) is 4.98 Å². The van der Waals surface area contributed by atoms with Crippen molar-refractivity contribution in [2.75, 3.05) is 0 Å². The molecule has 0 fully saturated rings. The quantitative estimate of drug-likeness (QED) is 0.176. The lowest BCUT2D eigenvalue weighted by atomic mass is 9.52. The van der Waals surface area contributed by atoms with Crippen molar-refractivity contribution in [3.63, 3.8) is 0 Å². The van der Waals surface area contributed by atoms with E-state index in [2.05, 4.69) is 223 Å². The van der Waals surface area contributed by atoms with Gasteiger partial charge in [0.15, 0.2) is 0 Å². The van der Waals surface area contributed by atoms with E-state index in [0.29, 0.717) is 0 Å². The molecule has 3 aliphatic carbocycles. The largest absolute Gasteiger partial charge is 0.292 e. The van der Waals surface area contributed by atoms with Crippen LogP contribution in [0.1, 0.15) is 44.5 Å². The standard InChI is InChI=1S/C57H36N2/c1-2-19-40(20-3-1)59-54-32-15-14-31-53(54)58-55(59)39-18-16-17-37(35-39)38-33-34-51-52(36-38)57(47-27-10-6-23-43(47)44-24-7-11-28-48(44)57)50-30-13-12-29-49(50)56(51)45-25-8-4-21-41(45)42-22-5-9-26-46(42)56/h1-36H.